The van der Waals surface area contributed by atoms with Crippen LogP contribution in [0, 0.1) is 0 Å². The van der Waals surface area contributed by atoms with Gasteiger partial charge >= 0.3 is 6.09 Å². The van der Waals surface area contributed by atoms with E-state index in [1.165, 1.54) is 34.8 Å². The molecule has 1 amide bonds. The van der Waals surface area contributed by atoms with E-state index < -0.39 is 18.7 Å². The van der Waals surface area contributed by atoms with Crippen molar-refractivity contribution in [1.29, 1.82) is 0 Å². The molecule has 1 aromatic carbocycles. The number of methoxy groups -OCH3 is 1. The second-order valence-corrected chi connectivity index (χ2v) is 8.99. The number of fused-ring (bicyclic) bond motifs is 1. The number of rotatable bonds is 8. The van der Waals surface area contributed by atoms with E-state index in [9.17, 15) is 9.59 Å². The van der Waals surface area contributed by atoms with Gasteiger partial charge in [-0.15, -0.1) is 0 Å². The molecule has 4 rings (SSSR count). The van der Waals surface area contributed by atoms with Gasteiger partial charge in [0.15, 0.2) is 11.4 Å². The Labute approximate surface area is 202 Å². The number of nitrogens with one attached hydrogen (secondary N) is 1. The van der Waals surface area contributed by atoms with Crippen molar-refractivity contribution in [2.24, 2.45) is 0 Å². The molecule has 1 saturated carbocycles. The number of Topliss-reactive ketones (excluding diaryl/α,β-unsaturated/α-hetero) is 1. The summed E-state index contributed by atoms with van der Waals surface area (Å²) in [4.78, 5) is 31.6. The highest BCUT2D eigenvalue weighted by Crippen LogP contribution is 2.30. The van der Waals surface area contributed by atoms with Gasteiger partial charge in [-0.2, -0.15) is 9.61 Å². The maximum absolute atomic E-state index is 12.9. The Balaban J connectivity index is 1.75. The third-order valence-corrected chi connectivity index (χ3v) is 5.00. The first-order chi connectivity index (χ1) is 17.3. The minimum Gasteiger partial charge on any atom is -0.495 e. The van der Waals surface area contributed by atoms with Gasteiger partial charge in [-0.3, -0.25) is 9.69 Å². The van der Waals surface area contributed by atoms with Gasteiger partial charge in [0.1, 0.15) is 29.6 Å². The highest BCUT2D eigenvalue weighted by molar-refractivity contribution is 6.02. The van der Waals surface area contributed by atoms with Crippen molar-refractivity contribution >= 4 is 34.8 Å². The van der Waals surface area contributed by atoms with Crippen LogP contribution in [-0.2, 0) is 9.47 Å². The van der Waals surface area contributed by atoms with Crippen LogP contribution in [0.2, 0.25) is 0 Å². The summed E-state index contributed by atoms with van der Waals surface area (Å²) < 4.78 is 39.9. The first-order valence-electron chi connectivity index (χ1n) is 12.4. The maximum atomic E-state index is 12.9. The normalized spacial score (nSPS) is 15.2. The zero-order chi connectivity index (χ0) is 27.0. The number of ketones is 1. The monoisotopic (exact) mass is 470 g/mol. The molecule has 10 nitrogen and oxygen atoms in total. The fourth-order valence-electron chi connectivity index (χ4n) is 3.17. The van der Waals surface area contributed by atoms with E-state index in [2.05, 4.69) is 15.4 Å². The second kappa shape index (κ2) is 9.30. The van der Waals surface area contributed by atoms with E-state index in [0.29, 0.717) is 5.69 Å². The molecule has 2 aromatic heterocycles. The van der Waals surface area contributed by atoms with Crippen LogP contribution in [0.1, 0.15) is 48.1 Å². The molecule has 0 saturated heterocycles. The van der Waals surface area contributed by atoms with Crippen molar-refractivity contribution in [3.63, 3.8) is 0 Å². The predicted molar refractivity (Wildman–Crippen MR) is 127 cm³/mol. The summed E-state index contributed by atoms with van der Waals surface area (Å²) >= 11 is 0. The molecule has 180 valence electrons. The van der Waals surface area contributed by atoms with E-state index in [4.69, 9.17) is 18.3 Å². The molecule has 34 heavy (non-hydrogen) atoms. The van der Waals surface area contributed by atoms with E-state index in [1.807, 2.05) is 0 Å². The molecule has 1 aliphatic rings. The van der Waals surface area contributed by atoms with Crippen molar-refractivity contribution < 1.29 is 27.9 Å². The Morgan fingerprint density at radius 1 is 1.29 bits per heavy atom. The summed E-state index contributed by atoms with van der Waals surface area (Å²) in [5, 5.41) is 7.34. The highest BCUT2D eigenvalue weighted by atomic mass is 16.6. The van der Waals surface area contributed by atoms with Crippen LogP contribution in [0.5, 0.6) is 5.75 Å². The molecule has 0 aliphatic heterocycles. The van der Waals surface area contributed by atoms with Crippen LogP contribution >= 0.6 is 0 Å². The summed E-state index contributed by atoms with van der Waals surface area (Å²) in [7, 11) is -1.15. The molecular weight excluding hydrogens is 438 g/mol. The van der Waals surface area contributed by atoms with Crippen molar-refractivity contribution in [3.05, 3.63) is 42.1 Å². The number of anilines is 3. The molecule has 1 aliphatic carbocycles. The lowest BCUT2D eigenvalue weighted by atomic mass is 10.2. The fourth-order valence-corrected chi connectivity index (χ4v) is 3.17. The number of hydrogen-bond acceptors (Lipinski definition) is 8. The van der Waals surface area contributed by atoms with E-state index >= 15 is 0 Å². The number of amides is 1. The van der Waals surface area contributed by atoms with Crippen LogP contribution < -0.4 is 15.0 Å². The molecule has 2 heterocycles. The zero-order valence-electron chi connectivity index (χ0n) is 22.5. The molecule has 0 spiro atoms. The lowest BCUT2D eigenvalue weighted by molar-refractivity contribution is 0.0587. The van der Waals surface area contributed by atoms with Crippen molar-refractivity contribution in [1.82, 2.24) is 14.6 Å². The van der Waals surface area contributed by atoms with Crippen LogP contribution in [0.15, 0.2) is 36.5 Å². The smallest absolute Gasteiger partial charge is 0.415 e. The third-order valence-electron chi connectivity index (χ3n) is 5.00. The average molecular weight is 471 g/mol. The number of nitrogens with zero attached hydrogens (tertiary/aromatic N) is 4. The van der Waals surface area contributed by atoms with Crippen molar-refractivity contribution in [2.75, 3.05) is 30.9 Å². The molecule has 0 unspecified atom stereocenters. The predicted octanol–water partition coefficient (Wildman–Crippen LogP) is 4.21. The summed E-state index contributed by atoms with van der Waals surface area (Å²) in [5.74, 6) is 0.257. The number of para-hydroxylation sites is 2. The van der Waals surface area contributed by atoms with Gasteiger partial charge in [-0.05, 0) is 45.7 Å². The molecule has 1 N–H and O–H groups in total. The third kappa shape index (κ3) is 5.28. The number of carbonyl (C=O) groups is 2. The Bertz CT molecular complexity index is 1310. The average Bonchev–Trinajstić information content (AvgIpc) is 3.53. The first kappa shape index (κ1) is 19.8. The topological polar surface area (TPSA) is 107 Å². The minimum absolute atomic E-state index is 0.0776. The Morgan fingerprint density at radius 2 is 2.06 bits per heavy atom. The fraction of sp³-hybridized carbons (Fsp3) is 0.417. The maximum Gasteiger partial charge on any atom is 0.415 e. The Morgan fingerprint density at radius 3 is 2.76 bits per heavy atom. The van der Waals surface area contributed by atoms with Gasteiger partial charge in [-0.1, -0.05) is 12.1 Å². The number of hydrogen-bond donors (Lipinski definition) is 1. The van der Waals surface area contributed by atoms with E-state index in [0.717, 1.165) is 12.8 Å². The van der Waals surface area contributed by atoms with Crippen LogP contribution in [0.25, 0.3) is 5.65 Å². The van der Waals surface area contributed by atoms with Gasteiger partial charge < -0.3 is 19.5 Å². The summed E-state index contributed by atoms with van der Waals surface area (Å²) in [5.41, 5.74) is -0.00908. The van der Waals surface area contributed by atoms with Gasteiger partial charge in [0, 0.05) is 13.1 Å². The molecule has 3 aromatic rings. The number of benzene rings is 1. The number of ether oxygens (including phenoxy) is 3. The standard InChI is InChI=1S/C24H29N5O5/c1-24(2,3)34-23(31)28(4)21-12-20(26-17-8-6-7-9-19(17)32-5)27-22-16(13-25-29(21)22)18(30)14-33-15-10-11-15/h6-9,12-13,15H,10-11,14H2,1-5H3,(H,26,27)/i5D3. The quantitative estimate of drug-likeness (QED) is 0.488. The minimum atomic E-state index is -2.66. The summed E-state index contributed by atoms with van der Waals surface area (Å²) in [6.07, 6.45) is 2.69. The van der Waals surface area contributed by atoms with Crippen LogP contribution in [-0.4, -0.2) is 58.9 Å². The molecular formula is C24H29N5O5. The molecule has 0 atom stereocenters. The molecule has 1 fully saturated rings. The lowest BCUT2D eigenvalue weighted by Gasteiger charge is -2.25. The van der Waals surface area contributed by atoms with Crippen LogP contribution in [0.4, 0.5) is 22.1 Å². The largest absolute Gasteiger partial charge is 0.495 e. The van der Waals surface area contributed by atoms with E-state index in [1.54, 1.807) is 39.0 Å². The molecule has 0 bridgehead atoms. The van der Waals surface area contributed by atoms with Crippen molar-refractivity contribution in [2.45, 2.75) is 45.3 Å². The van der Waals surface area contributed by atoms with E-state index in [-0.39, 0.29) is 47.1 Å². The zero-order valence-corrected chi connectivity index (χ0v) is 19.5. The van der Waals surface area contributed by atoms with Gasteiger partial charge in [0.25, 0.3) is 0 Å². The second-order valence-electron chi connectivity index (χ2n) is 8.99. The van der Waals surface area contributed by atoms with Crippen molar-refractivity contribution in [3.8, 4) is 5.75 Å². The Hall–Kier alpha value is -3.66. The number of aromatic nitrogens is 3. The molecule has 0 radical (unpaired) electrons. The van der Waals surface area contributed by atoms with Crippen LogP contribution in [0.3, 0.4) is 0 Å². The van der Waals surface area contributed by atoms with Gasteiger partial charge in [-0.25, -0.2) is 9.78 Å². The summed E-state index contributed by atoms with van der Waals surface area (Å²) in [6.45, 7) is 5.14. The SMILES string of the molecule is [2H]C([2H])([2H])Oc1ccccc1Nc1cc(N(C)C(=O)OC(C)(C)C)n2ncc(C(=O)COC3CC3)c2n1. The summed E-state index contributed by atoms with van der Waals surface area (Å²) in [6, 6.07) is 7.99. The first-order valence-corrected chi connectivity index (χ1v) is 10.9. The highest BCUT2D eigenvalue weighted by Gasteiger charge is 2.27. The van der Waals surface area contributed by atoms with Gasteiger partial charge in [0.2, 0.25) is 0 Å². The number of carbonyl (C=O) groups excluding carboxylic acids is 2. The lowest BCUT2D eigenvalue weighted by Crippen LogP contribution is -2.35. The van der Waals surface area contributed by atoms with Gasteiger partial charge in [0.05, 0.1) is 34.7 Å². The Kier molecular flexibility index (Phi) is 5.41. The molecule has 10 heteroatoms.